The second kappa shape index (κ2) is 19.7. The first-order valence-electron chi connectivity index (χ1n) is 28.8. The molecule has 0 fully saturated rings. The topological polar surface area (TPSA) is 14.8 Å². The molecule has 3 nitrogen and oxygen atoms in total. The van der Waals surface area contributed by atoms with Gasteiger partial charge in [0.25, 0.3) is 0 Å². The second-order valence-corrected chi connectivity index (χ2v) is 29.5. The quantitative estimate of drug-likeness (QED) is 0.0906. The van der Waals surface area contributed by atoms with Gasteiger partial charge in [0.2, 0.25) is 0 Å². The van der Waals surface area contributed by atoms with E-state index in [1.807, 2.05) is 0 Å². The molecule has 83 heavy (non-hydrogen) atoms. The van der Waals surface area contributed by atoms with Crippen LogP contribution < -0.4 is 41.5 Å². The van der Waals surface area contributed by atoms with Crippen molar-refractivity contribution in [1.29, 1.82) is 0 Å². The van der Waals surface area contributed by atoms with Gasteiger partial charge in [0, 0.05) is 49.4 Å². The van der Waals surface area contributed by atoms with Gasteiger partial charge in [-0.15, -0.1) is 0 Å². The fraction of sp³-hybridized carbons (Fsp3) is 0. The van der Waals surface area contributed by atoms with E-state index < -0.39 is 16.1 Å². The smallest absolute Gasteiger partial charge is 0.181 e. The highest BCUT2D eigenvalue weighted by Crippen LogP contribution is 2.39. The van der Waals surface area contributed by atoms with Gasteiger partial charge in [0.05, 0.1) is 33.1 Å². The summed E-state index contributed by atoms with van der Waals surface area (Å²) in [6.07, 6.45) is 0. The Kier molecular flexibility index (Phi) is 11.6. The molecule has 0 bridgehead atoms. The molecule has 0 spiro atoms. The van der Waals surface area contributed by atoms with Crippen LogP contribution in [0.3, 0.4) is 0 Å². The molecule has 0 aliphatic rings. The highest BCUT2D eigenvalue weighted by Gasteiger charge is 2.44. The molecule has 3 aromatic heterocycles. The first-order chi connectivity index (χ1) is 41.2. The second-order valence-electron chi connectivity index (χ2n) is 21.9. The van der Waals surface area contributed by atoms with Crippen molar-refractivity contribution in [1.82, 2.24) is 13.7 Å². The summed E-state index contributed by atoms with van der Waals surface area (Å²) in [5.41, 5.74) is 10.4. The lowest BCUT2D eigenvalue weighted by Crippen LogP contribution is -2.75. The van der Waals surface area contributed by atoms with E-state index in [0.717, 1.165) is 28.1 Å². The number of aromatic nitrogens is 3. The van der Waals surface area contributed by atoms with Gasteiger partial charge in [-0.25, -0.2) is 0 Å². The lowest BCUT2D eigenvalue weighted by molar-refractivity contribution is 1.13. The van der Waals surface area contributed by atoms with Crippen LogP contribution in [-0.4, -0.2) is 29.8 Å². The Morgan fingerprint density at radius 3 is 0.976 bits per heavy atom. The van der Waals surface area contributed by atoms with Crippen LogP contribution in [0, 0.1) is 0 Å². The van der Waals surface area contributed by atoms with Crippen LogP contribution in [0.5, 0.6) is 0 Å². The number of hydrogen-bond acceptors (Lipinski definition) is 0. The minimum atomic E-state index is -3.01. The Hall–Kier alpha value is -10.3. The highest BCUT2D eigenvalue weighted by atomic mass is 28.3. The molecule has 0 amide bonds. The molecule has 0 saturated heterocycles. The molecule has 0 unspecified atom stereocenters. The van der Waals surface area contributed by atoms with Gasteiger partial charge in [0.15, 0.2) is 16.1 Å². The van der Waals surface area contributed by atoms with E-state index in [2.05, 4.69) is 347 Å². The van der Waals surface area contributed by atoms with E-state index in [1.165, 1.54) is 95.9 Å². The average Bonchev–Trinajstić information content (AvgIpc) is 4.37. The zero-order valence-electron chi connectivity index (χ0n) is 45.6. The van der Waals surface area contributed by atoms with Gasteiger partial charge < -0.3 is 13.7 Å². The van der Waals surface area contributed by atoms with E-state index in [1.54, 1.807) is 0 Å². The summed E-state index contributed by atoms with van der Waals surface area (Å²) in [5, 5.41) is 18.2. The number of nitrogens with zero attached hydrogens (tertiary/aromatic N) is 3. The maximum absolute atomic E-state index is 3.01. The number of benzene rings is 13. The van der Waals surface area contributed by atoms with Crippen LogP contribution in [0.25, 0.3) is 82.5 Å². The molecular weight excluding hydrogens is 1040 g/mol. The Bertz CT molecular complexity index is 4820. The Morgan fingerprint density at radius 2 is 0.506 bits per heavy atom. The molecule has 0 N–H and O–H groups in total. The molecule has 13 aromatic carbocycles. The SMILES string of the molecule is c1ccc([Si](c2ccccc2)(c2ccccc2)c2ccc3c(c2)c2cc(-n4c5ccccc5c5ccccc54)ccc2n3-c2cccc(-n3c4ccccc4c4cccc([Si](c5ccccc5)(c5ccccc5)c5ccccc5)c43)c2)cc1. The van der Waals surface area contributed by atoms with Crippen molar-refractivity contribution in [2.24, 2.45) is 0 Å². The standard InChI is InChI=1S/C78H55N3Si2/c1-7-29-59(30-8-1)82(60-31-9-2-10-32-60,61-33-11-3-12-34-61)65-50-52-76-71(55-65)70-54-58(80-72-45-22-19-41-66(72)67-42-20-23-46-73(67)80)49-51-75(70)79(76)56-27-25-28-57(53-56)81-74-47-24-21-43-68(74)69-44-26-48-77(78(69)81)83(62-35-13-4-14-36-62,63-37-15-5-16-38-63)64-39-17-6-18-40-64/h1-55H. The summed E-state index contributed by atoms with van der Waals surface area (Å²) in [6.45, 7) is 0. The predicted octanol–water partition coefficient (Wildman–Crippen LogP) is 13.7. The predicted molar refractivity (Wildman–Crippen MR) is 357 cm³/mol. The molecule has 16 rings (SSSR count). The molecule has 16 aromatic rings. The molecule has 0 saturated carbocycles. The van der Waals surface area contributed by atoms with Gasteiger partial charge in [-0.05, 0) is 102 Å². The third-order valence-electron chi connectivity index (χ3n) is 17.7. The lowest BCUT2D eigenvalue weighted by Gasteiger charge is -2.35. The van der Waals surface area contributed by atoms with E-state index >= 15 is 0 Å². The highest BCUT2D eigenvalue weighted by molar-refractivity contribution is 7.21. The van der Waals surface area contributed by atoms with Crippen LogP contribution >= 0.6 is 0 Å². The molecule has 0 aliphatic carbocycles. The summed E-state index contributed by atoms with van der Waals surface area (Å²) in [7, 11) is -5.93. The van der Waals surface area contributed by atoms with Crippen molar-refractivity contribution in [3.05, 3.63) is 334 Å². The minimum Gasteiger partial charge on any atom is -0.309 e. The molecule has 0 atom stereocenters. The Morgan fingerprint density at radius 1 is 0.181 bits per heavy atom. The average molecular weight is 1090 g/mol. The third kappa shape index (κ3) is 7.42. The van der Waals surface area contributed by atoms with Gasteiger partial charge in [-0.1, -0.05) is 273 Å². The number of para-hydroxylation sites is 4. The molecule has 390 valence electrons. The van der Waals surface area contributed by atoms with E-state index in [9.17, 15) is 0 Å². The summed E-state index contributed by atoms with van der Waals surface area (Å²) >= 11 is 0. The third-order valence-corrected chi connectivity index (χ3v) is 27.3. The van der Waals surface area contributed by atoms with Gasteiger partial charge in [-0.3, -0.25) is 0 Å². The van der Waals surface area contributed by atoms with E-state index in [0.29, 0.717) is 0 Å². The normalized spacial score (nSPS) is 12.1. The molecular formula is C78H55N3Si2. The Balaban J connectivity index is 0.989. The molecule has 5 heteroatoms. The van der Waals surface area contributed by atoms with Crippen molar-refractivity contribution >= 4 is 123 Å². The zero-order valence-corrected chi connectivity index (χ0v) is 47.6. The van der Waals surface area contributed by atoms with Crippen LogP contribution in [0.15, 0.2) is 334 Å². The van der Waals surface area contributed by atoms with Crippen LogP contribution in [-0.2, 0) is 0 Å². The van der Waals surface area contributed by atoms with Crippen LogP contribution in [0.2, 0.25) is 0 Å². The van der Waals surface area contributed by atoms with Crippen molar-refractivity contribution in [2.75, 3.05) is 0 Å². The fourth-order valence-corrected chi connectivity index (χ4v) is 24.0. The largest absolute Gasteiger partial charge is 0.309 e. The minimum absolute atomic E-state index is 1.10. The summed E-state index contributed by atoms with van der Waals surface area (Å²) < 4.78 is 7.56. The number of rotatable bonds is 11. The lowest BCUT2D eigenvalue weighted by atomic mass is 10.1. The van der Waals surface area contributed by atoms with Crippen LogP contribution in [0.4, 0.5) is 0 Å². The maximum atomic E-state index is 2.58. The van der Waals surface area contributed by atoms with Crippen LogP contribution in [0.1, 0.15) is 0 Å². The summed E-state index contributed by atoms with van der Waals surface area (Å²) in [4.78, 5) is 0. The van der Waals surface area contributed by atoms with Gasteiger partial charge >= 0.3 is 0 Å². The molecule has 0 radical (unpaired) electrons. The van der Waals surface area contributed by atoms with Crippen molar-refractivity contribution in [2.45, 2.75) is 0 Å². The maximum Gasteiger partial charge on any atom is 0.181 e. The number of fused-ring (bicyclic) bond motifs is 9. The summed E-state index contributed by atoms with van der Waals surface area (Å²) in [6, 6.07) is 125. The molecule has 0 aliphatic heterocycles. The van der Waals surface area contributed by atoms with Crippen molar-refractivity contribution < 1.29 is 0 Å². The van der Waals surface area contributed by atoms with E-state index in [4.69, 9.17) is 0 Å². The summed E-state index contributed by atoms with van der Waals surface area (Å²) in [5.74, 6) is 0. The van der Waals surface area contributed by atoms with Gasteiger partial charge in [0.1, 0.15) is 0 Å². The number of hydrogen-bond donors (Lipinski definition) is 0. The van der Waals surface area contributed by atoms with E-state index in [-0.39, 0.29) is 0 Å². The van der Waals surface area contributed by atoms with Gasteiger partial charge in [-0.2, -0.15) is 0 Å². The monoisotopic (exact) mass is 1090 g/mol. The Labute approximate surface area is 484 Å². The zero-order chi connectivity index (χ0) is 54.9. The first-order valence-corrected chi connectivity index (χ1v) is 32.8. The van der Waals surface area contributed by atoms with Crippen molar-refractivity contribution in [3.63, 3.8) is 0 Å². The molecule has 3 heterocycles. The van der Waals surface area contributed by atoms with Crippen molar-refractivity contribution in [3.8, 4) is 17.1 Å². The first kappa shape index (κ1) is 48.6. The fourth-order valence-electron chi connectivity index (χ4n) is 14.3.